The number of aryl methyl sites for hydroxylation is 1. The fraction of sp³-hybridized carbons (Fsp3) is 0.667. The largest absolute Gasteiger partial charge is 0.310 e. The van der Waals surface area contributed by atoms with Gasteiger partial charge in [0.1, 0.15) is 5.82 Å². The van der Waals surface area contributed by atoms with E-state index in [1.165, 1.54) is 19.3 Å². The molecule has 0 bridgehead atoms. The van der Waals surface area contributed by atoms with Gasteiger partial charge in [-0.25, -0.2) is 4.39 Å². The molecule has 1 aromatic rings. The zero-order chi connectivity index (χ0) is 14.7. The van der Waals surface area contributed by atoms with Crippen molar-refractivity contribution in [2.45, 2.75) is 53.0 Å². The van der Waals surface area contributed by atoms with Crippen LogP contribution in [0.5, 0.6) is 0 Å². The van der Waals surface area contributed by atoms with Gasteiger partial charge in [-0.05, 0) is 62.1 Å². The molecule has 1 aliphatic rings. The van der Waals surface area contributed by atoms with E-state index in [4.69, 9.17) is 0 Å². The minimum Gasteiger partial charge on any atom is -0.310 e. The van der Waals surface area contributed by atoms with Crippen LogP contribution in [-0.4, -0.2) is 6.54 Å². The predicted molar refractivity (Wildman–Crippen MR) is 83.2 cm³/mol. The smallest absolute Gasteiger partial charge is 0.128 e. The standard InChI is InChI=1S/C18H28FN/c1-5-20-18(15-9-13(3)8-14(4)10-15)16-7-6-12(2)11-17(16)19/h6-7,11,13-15,18,20H,5,8-10H2,1-4H3. The molecule has 1 nitrogen and oxygen atoms in total. The van der Waals surface area contributed by atoms with Gasteiger partial charge in [-0.3, -0.25) is 0 Å². The highest BCUT2D eigenvalue weighted by Crippen LogP contribution is 2.40. The molecule has 3 atom stereocenters. The third-order valence-corrected chi connectivity index (χ3v) is 4.60. The van der Waals surface area contributed by atoms with Gasteiger partial charge in [0.05, 0.1) is 0 Å². The zero-order valence-corrected chi connectivity index (χ0v) is 13.2. The van der Waals surface area contributed by atoms with Crippen molar-refractivity contribution < 1.29 is 4.39 Å². The fourth-order valence-corrected chi connectivity index (χ4v) is 3.92. The number of halogens is 1. The summed E-state index contributed by atoms with van der Waals surface area (Å²) in [6.45, 7) is 9.60. The Morgan fingerprint density at radius 1 is 1.20 bits per heavy atom. The molecule has 1 saturated carbocycles. The van der Waals surface area contributed by atoms with Gasteiger partial charge in [-0.15, -0.1) is 0 Å². The molecule has 1 N–H and O–H groups in total. The van der Waals surface area contributed by atoms with Crippen LogP contribution in [0.15, 0.2) is 18.2 Å². The highest BCUT2D eigenvalue weighted by atomic mass is 19.1. The Hall–Kier alpha value is -0.890. The lowest BCUT2D eigenvalue weighted by molar-refractivity contribution is 0.175. The van der Waals surface area contributed by atoms with Gasteiger partial charge in [0.25, 0.3) is 0 Å². The van der Waals surface area contributed by atoms with Crippen LogP contribution in [-0.2, 0) is 0 Å². The van der Waals surface area contributed by atoms with Crippen molar-refractivity contribution in [2.24, 2.45) is 17.8 Å². The minimum atomic E-state index is -0.0539. The molecular weight excluding hydrogens is 249 g/mol. The van der Waals surface area contributed by atoms with Gasteiger partial charge >= 0.3 is 0 Å². The molecule has 2 heteroatoms. The van der Waals surface area contributed by atoms with E-state index in [2.05, 4.69) is 26.1 Å². The van der Waals surface area contributed by atoms with E-state index in [1.54, 1.807) is 6.07 Å². The average Bonchev–Trinajstić information content (AvgIpc) is 2.35. The molecule has 1 aliphatic carbocycles. The van der Waals surface area contributed by atoms with E-state index in [0.29, 0.717) is 5.92 Å². The first-order chi connectivity index (χ1) is 9.51. The fourth-order valence-electron chi connectivity index (χ4n) is 3.92. The lowest BCUT2D eigenvalue weighted by Gasteiger charge is -2.37. The number of hydrogen-bond donors (Lipinski definition) is 1. The van der Waals surface area contributed by atoms with E-state index >= 15 is 0 Å². The maximum Gasteiger partial charge on any atom is 0.128 e. The van der Waals surface area contributed by atoms with Gasteiger partial charge in [0.2, 0.25) is 0 Å². The Labute approximate surface area is 123 Å². The van der Waals surface area contributed by atoms with E-state index in [0.717, 1.165) is 29.5 Å². The second kappa shape index (κ2) is 6.71. The normalized spacial score (nSPS) is 28.4. The second-order valence-electron chi connectivity index (χ2n) is 6.74. The van der Waals surface area contributed by atoms with Crippen LogP contribution in [0.4, 0.5) is 4.39 Å². The highest BCUT2D eigenvalue weighted by molar-refractivity contribution is 5.27. The van der Waals surface area contributed by atoms with Crippen molar-refractivity contribution in [3.05, 3.63) is 35.1 Å². The summed E-state index contributed by atoms with van der Waals surface area (Å²) < 4.78 is 14.3. The Morgan fingerprint density at radius 2 is 1.85 bits per heavy atom. The van der Waals surface area contributed by atoms with Gasteiger partial charge in [0, 0.05) is 11.6 Å². The first-order valence-electron chi connectivity index (χ1n) is 8.00. The summed E-state index contributed by atoms with van der Waals surface area (Å²) in [5.74, 6) is 1.99. The van der Waals surface area contributed by atoms with Gasteiger partial charge in [0.15, 0.2) is 0 Å². The van der Waals surface area contributed by atoms with Gasteiger partial charge in [-0.1, -0.05) is 32.9 Å². The number of benzene rings is 1. The lowest BCUT2D eigenvalue weighted by atomic mass is 9.72. The molecule has 0 saturated heterocycles. The number of rotatable bonds is 4. The molecule has 112 valence electrons. The van der Waals surface area contributed by atoms with Crippen LogP contribution < -0.4 is 5.32 Å². The maximum absolute atomic E-state index is 14.3. The summed E-state index contributed by atoms with van der Waals surface area (Å²) >= 11 is 0. The van der Waals surface area contributed by atoms with E-state index < -0.39 is 0 Å². The second-order valence-corrected chi connectivity index (χ2v) is 6.74. The summed E-state index contributed by atoms with van der Waals surface area (Å²) in [6.07, 6.45) is 3.72. The van der Waals surface area contributed by atoms with E-state index in [1.807, 2.05) is 19.1 Å². The first kappa shape index (κ1) is 15.5. The van der Waals surface area contributed by atoms with Crippen LogP contribution in [0.3, 0.4) is 0 Å². The molecule has 1 aromatic carbocycles. The minimum absolute atomic E-state index is 0.0539. The molecule has 0 amide bonds. The molecule has 0 aromatic heterocycles. The molecule has 1 fully saturated rings. The highest BCUT2D eigenvalue weighted by Gasteiger charge is 2.31. The van der Waals surface area contributed by atoms with E-state index in [-0.39, 0.29) is 11.9 Å². The first-order valence-corrected chi connectivity index (χ1v) is 8.00. The Bertz CT molecular complexity index is 433. The summed E-state index contributed by atoms with van der Waals surface area (Å²) in [6, 6.07) is 5.82. The zero-order valence-electron chi connectivity index (χ0n) is 13.2. The lowest BCUT2D eigenvalue weighted by Crippen LogP contribution is -2.33. The Kier molecular flexibility index (Phi) is 5.20. The summed E-state index contributed by atoms with van der Waals surface area (Å²) in [5.41, 5.74) is 1.84. The Balaban J connectivity index is 2.25. The quantitative estimate of drug-likeness (QED) is 0.829. The molecule has 0 spiro atoms. The third kappa shape index (κ3) is 3.60. The van der Waals surface area contributed by atoms with Crippen molar-refractivity contribution in [2.75, 3.05) is 6.54 Å². The Morgan fingerprint density at radius 3 is 2.40 bits per heavy atom. The third-order valence-electron chi connectivity index (χ3n) is 4.60. The molecule has 0 heterocycles. The number of nitrogens with one attached hydrogen (secondary N) is 1. The predicted octanol–water partition coefficient (Wildman–Crippen LogP) is 4.86. The van der Waals surface area contributed by atoms with Crippen molar-refractivity contribution >= 4 is 0 Å². The van der Waals surface area contributed by atoms with Crippen LogP contribution in [0.1, 0.15) is 57.2 Å². The van der Waals surface area contributed by atoms with Crippen molar-refractivity contribution in [1.29, 1.82) is 0 Å². The molecule has 0 radical (unpaired) electrons. The number of hydrogen-bond acceptors (Lipinski definition) is 1. The van der Waals surface area contributed by atoms with Crippen LogP contribution in [0, 0.1) is 30.5 Å². The van der Waals surface area contributed by atoms with Crippen LogP contribution >= 0.6 is 0 Å². The molecule has 3 unspecified atom stereocenters. The molecule has 20 heavy (non-hydrogen) atoms. The van der Waals surface area contributed by atoms with Crippen LogP contribution in [0.2, 0.25) is 0 Å². The molecular formula is C18H28FN. The van der Waals surface area contributed by atoms with Gasteiger partial charge < -0.3 is 5.32 Å². The monoisotopic (exact) mass is 277 g/mol. The van der Waals surface area contributed by atoms with Crippen LogP contribution in [0.25, 0.3) is 0 Å². The summed E-state index contributed by atoms with van der Waals surface area (Å²) in [7, 11) is 0. The average molecular weight is 277 g/mol. The molecule has 0 aliphatic heterocycles. The van der Waals surface area contributed by atoms with Crippen molar-refractivity contribution in [1.82, 2.24) is 5.32 Å². The SMILES string of the molecule is CCNC(c1ccc(C)cc1F)C1CC(C)CC(C)C1. The summed E-state index contributed by atoms with van der Waals surface area (Å²) in [4.78, 5) is 0. The van der Waals surface area contributed by atoms with Crippen molar-refractivity contribution in [3.8, 4) is 0 Å². The van der Waals surface area contributed by atoms with E-state index in [9.17, 15) is 4.39 Å². The molecule has 2 rings (SSSR count). The van der Waals surface area contributed by atoms with Gasteiger partial charge in [-0.2, -0.15) is 0 Å². The van der Waals surface area contributed by atoms with Crippen molar-refractivity contribution in [3.63, 3.8) is 0 Å². The maximum atomic E-state index is 14.3. The summed E-state index contributed by atoms with van der Waals surface area (Å²) in [5, 5.41) is 3.53. The topological polar surface area (TPSA) is 12.0 Å².